The van der Waals surface area contributed by atoms with Gasteiger partial charge in [0, 0.05) is 30.8 Å². The number of carboxylic acids is 1. The normalized spacial score (nSPS) is 13.5. The molecule has 11 heteroatoms. The molecule has 0 saturated heterocycles. The van der Waals surface area contributed by atoms with Gasteiger partial charge in [-0.25, -0.2) is 4.79 Å². The van der Waals surface area contributed by atoms with Crippen molar-refractivity contribution in [1.29, 1.82) is 0 Å². The van der Waals surface area contributed by atoms with E-state index in [0.717, 1.165) is 9.80 Å². The predicted molar refractivity (Wildman–Crippen MR) is 138 cm³/mol. The minimum Gasteiger partial charge on any atom is -0.480 e. The van der Waals surface area contributed by atoms with Gasteiger partial charge in [-0.1, -0.05) is 24.3 Å². The fourth-order valence-electron chi connectivity index (χ4n) is 4.42. The Bertz CT molecular complexity index is 1390. The standard InChI is InChI=1S/C26H23N3O7S/c1-37-14-11-22(26(33)34)27(12-13-28-24(31)20-6-2-3-7-21(20)25(28)32)23(30)19-8-4-5-16-15-17(29(35)36)9-10-18(16)19/h2-10,15,22H,11-14H2,1H3,(H,33,34)/t22-/m0/s1. The monoisotopic (exact) mass is 521 g/mol. The van der Waals surface area contributed by atoms with Gasteiger partial charge in [-0.2, -0.15) is 11.8 Å². The van der Waals surface area contributed by atoms with Crippen LogP contribution in [-0.4, -0.2) is 74.7 Å². The molecule has 37 heavy (non-hydrogen) atoms. The van der Waals surface area contributed by atoms with Crippen molar-refractivity contribution in [2.45, 2.75) is 12.5 Å². The summed E-state index contributed by atoms with van der Waals surface area (Å²) in [6.45, 7) is -0.379. The molecule has 3 amide bonds. The van der Waals surface area contributed by atoms with E-state index in [1.165, 1.54) is 36.0 Å². The number of aliphatic carboxylic acids is 1. The van der Waals surface area contributed by atoms with E-state index in [1.54, 1.807) is 36.4 Å². The maximum absolute atomic E-state index is 13.8. The van der Waals surface area contributed by atoms with Crippen LogP contribution < -0.4 is 0 Å². The van der Waals surface area contributed by atoms with E-state index in [1.807, 2.05) is 6.26 Å². The average Bonchev–Trinajstić information content (AvgIpc) is 3.14. The van der Waals surface area contributed by atoms with Crippen molar-refractivity contribution in [3.05, 3.63) is 87.5 Å². The van der Waals surface area contributed by atoms with Gasteiger partial charge in [-0.3, -0.25) is 29.4 Å². The maximum atomic E-state index is 13.8. The van der Waals surface area contributed by atoms with Crippen LogP contribution in [0.3, 0.4) is 0 Å². The van der Waals surface area contributed by atoms with Crippen molar-refractivity contribution in [2.75, 3.05) is 25.1 Å². The number of thioether (sulfide) groups is 1. The zero-order chi connectivity index (χ0) is 26.7. The Labute approximate surface area is 216 Å². The topological polar surface area (TPSA) is 138 Å². The van der Waals surface area contributed by atoms with Gasteiger partial charge in [0.25, 0.3) is 23.4 Å². The van der Waals surface area contributed by atoms with Crippen LogP contribution in [-0.2, 0) is 4.79 Å². The van der Waals surface area contributed by atoms with E-state index >= 15 is 0 Å². The smallest absolute Gasteiger partial charge is 0.326 e. The van der Waals surface area contributed by atoms with Crippen molar-refractivity contribution in [2.24, 2.45) is 0 Å². The van der Waals surface area contributed by atoms with Crippen LogP contribution in [0.5, 0.6) is 0 Å². The zero-order valence-electron chi connectivity index (χ0n) is 19.8. The second kappa shape index (κ2) is 10.8. The lowest BCUT2D eigenvalue weighted by molar-refractivity contribution is -0.384. The molecule has 0 aliphatic carbocycles. The molecule has 1 aliphatic rings. The van der Waals surface area contributed by atoms with Gasteiger partial charge < -0.3 is 10.0 Å². The van der Waals surface area contributed by atoms with Crippen molar-refractivity contribution in [3.8, 4) is 0 Å². The second-order valence-corrected chi connectivity index (χ2v) is 9.40. The molecule has 0 radical (unpaired) electrons. The fraction of sp³-hybridized carbons (Fsp3) is 0.231. The molecule has 0 bridgehead atoms. The molecular formula is C26H23N3O7S. The molecule has 190 valence electrons. The van der Waals surface area contributed by atoms with Gasteiger partial charge in [-0.05, 0) is 53.5 Å². The molecule has 3 aromatic carbocycles. The second-order valence-electron chi connectivity index (χ2n) is 8.41. The van der Waals surface area contributed by atoms with Crippen LogP contribution >= 0.6 is 11.8 Å². The summed E-state index contributed by atoms with van der Waals surface area (Å²) in [6, 6.07) is 14.0. The molecule has 0 unspecified atom stereocenters. The quantitative estimate of drug-likeness (QED) is 0.242. The summed E-state index contributed by atoms with van der Waals surface area (Å²) in [6.07, 6.45) is 1.97. The summed E-state index contributed by atoms with van der Waals surface area (Å²) in [5.41, 5.74) is 0.560. The predicted octanol–water partition coefficient (Wildman–Crippen LogP) is 3.69. The van der Waals surface area contributed by atoms with Crippen molar-refractivity contribution in [3.63, 3.8) is 0 Å². The van der Waals surface area contributed by atoms with Crippen LogP contribution in [0.2, 0.25) is 0 Å². The molecule has 1 heterocycles. The highest BCUT2D eigenvalue weighted by molar-refractivity contribution is 7.98. The minimum atomic E-state index is -1.21. The number of fused-ring (bicyclic) bond motifs is 2. The number of benzene rings is 3. The molecule has 1 atom stereocenters. The van der Waals surface area contributed by atoms with Crippen LogP contribution in [0, 0.1) is 10.1 Å². The minimum absolute atomic E-state index is 0.136. The van der Waals surface area contributed by atoms with Crippen LogP contribution in [0.4, 0.5) is 5.69 Å². The molecular weight excluding hydrogens is 498 g/mol. The van der Waals surface area contributed by atoms with E-state index in [2.05, 4.69) is 0 Å². The molecule has 10 nitrogen and oxygen atoms in total. The first-order chi connectivity index (χ1) is 17.7. The summed E-state index contributed by atoms with van der Waals surface area (Å²) in [5, 5.41) is 22.1. The highest BCUT2D eigenvalue weighted by Crippen LogP contribution is 2.27. The summed E-state index contributed by atoms with van der Waals surface area (Å²) in [7, 11) is 0. The van der Waals surface area contributed by atoms with E-state index in [9.17, 15) is 34.4 Å². The van der Waals surface area contributed by atoms with Gasteiger partial charge in [0.2, 0.25) is 0 Å². The van der Waals surface area contributed by atoms with Gasteiger partial charge in [0.05, 0.1) is 16.1 Å². The number of hydrogen-bond donors (Lipinski definition) is 1. The van der Waals surface area contributed by atoms with Gasteiger partial charge >= 0.3 is 5.97 Å². The number of hydrogen-bond acceptors (Lipinski definition) is 7. The number of non-ortho nitro benzene ring substituents is 1. The first-order valence-corrected chi connectivity index (χ1v) is 12.8. The summed E-state index contributed by atoms with van der Waals surface area (Å²) < 4.78 is 0. The van der Waals surface area contributed by atoms with Gasteiger partial charge in [0.1, 0.15) is 6.04 Å². The fourth-order valence-corrected chi connectivity index (χ4v) is 4.88. The first-order valence-electron chi connectivity index (χ1n) is 11.4. The summed E-state index contributed by atoms with van der Waals surface area (Å²) in [4.78, 5) is 64.5. The van der Waals surface area contributed by atoms with Crippen molar-refractivity contribution >= 4 is 51.9 Å². The molecule has 0 saturated carbocycles. The van der Waals surface area contributed by atoms with E-state index in [0.29, 0.717) is 16.5 Å². The summed E-state index contributed by atoms with van der Waals surface area (Å²) in [5.74, 6) is -2.34. The van der Waals surface area contributed by atoms with Gasteiger partial charge in [-0.15, -0.1) is 0 Å². The van der Waals surface area contributed by atoms with Gasteiger partial charge in [0.15, 0.2) is 0 Å². The lowest BCUT2D eigenvalue weighted by Gasteiger charge is -2.31. The van der Waals surface area contributed by atoms with E-state index in [4.69, 9.17) is 0 Å². The number of nitrogens with zero attached hydrogens (tertiary/aromatic N) is 3. The third kappa shape index (κ3) is 5.03. The highest BCUT2D eigenvalue weighted by atomic mass is 32.2. The Morgan fingerprint density at radius 2 is 1.73 bits per heavy atom. The zero-order valence-corrected chi connectivity index (χ0v) is 20.6. The van der Waals surface area contributed by atoms with Crippen LogP contribution in [0.25, 0.3) is 10.8 Å². The molecule has 0 spiro atoms. The van der Waals surface area contributed by atoms with E-state index in [-0.39, 0.29) is 41.9 Å². The Hall–Kier alpha value is -4.25. The van der Waals surface area contributed by atoms with Crippen LogP contribution in [0.1, 0.15) is 37.5 Å². The maximum Gasteiger partial charge on any atom is 0.326 e. The van der Waals surface area contributed by atoms with Crippen LogP contribution in [0.15, 0.2) is 60.7 Å². The third-order valence-electron chi connectivity index (χ3n) is 6.27. The Kier molecular flexibility index (Phi) is 7.53. The number of carbonyl (C=O) groups excluding carboxylic acids is 3. The Balaban J connectivity index is 1.69. The molecule has 4 rings (SSSR count). The first kappa shape index (κ1) is 25.8. The number of carboxylic acid groups (broad SMARTS) is 1. The lowest BCUT2D eigenvalue weighted by atomic mass is 10.0. The lowest BCUT2D eigenvalue weighted by Crippen LogP contribution is -2.49. The molecule has 1 aliphatic heterocycles. The molecule has 0 aromatic heterocycles. The SMILES string of the molecule is CSCC[C@@H](C(=O)O)N(CCN1C(=O)c2ccccc2C1=O)C(=O)c1cccc2cc([N+](=O)[O-])ccc12. The third-order valence-corrected chi connectivity index (χ3v) is 6.91. The summed E-state index contributed by atoms with van der Waals surface area (Å²) >= 11 is 1.43. The number of carbonyl (C=O) groups is 4. The highest BCUT2D eigenvalue weighted by Gasteiger charge is 2.37. The molecule has 3 aromatic rings. The van der Waals surface area contributed by atoms with Crippen molar-refractivity contribution in [1.82, 2.24) is 9.80 Å². The largest absolute Gasteiger partial charge is 0.480 e. The Morgan fingerprint density at radius 3 is 2.32 bits per heavy atom. The van der Waals surface area contributed by atoms with Crippen molar-refractivity contribution < 1.29 is 29.2 Å². The molecule has 0 fully saturated rings. The Morgan fingerprint density at radius 1 is 1.05 bits per heavy atom. The number of nitro benzene ring substituents is 1. The average molecular weight is 522 g/mol. The number of nitro groups is 1. The number of rotatable bonds is 10. The number of amides is 3. The van der Waals surface area contributed by atoms with E-state index < -0.39 is 34.7 Å². The molecule has 1 N–H and O–H groups in total. The number of imide groups is 1.